The highest BCUT2D eigenvalue weighted by Crippen LogP contribution is 2.18. The highest BCUT2D eigenvalue weighted by Gasteiger charge is 2.07. The van der Waals surface area contributed by atoms with Gasteiger partial charge in [-0.2, -0.15) is 0 Å². The SMILES string of the molecule is CC1Cc2ccccc2NC=N1. The van der Waals surface area contributed by atoms with Gasteiger partial charge in [0, 0.05) is 5.69 Å². The first kappa shape index (κ1) is 7.35. The van der Waals surface area contributed by atoms with Crippen LogP contribution in [0.4, 0.5) is 5.69 Å². The van der Waals surface area contributed by atoms with Crippen molar-refractivity contribution in [2.45, 2.75) is 19.4 Å². The molecule has 0 spiro atoms. The lowest BCUT2D eigenvalue weighted by Gasteiger charge is -2.05. The van der Waals surface area contributed by atoms with Gasteiger partial charge in [0.2, 0.25) is 0 Å². The number of para-hydroxylation sites is 1. The fraction of sp³-hybridized carbons (Fsp3) is 0.300. The van der Waals surface area contributed by atoms with Crippen molar-refractivity contribution in [1.29, 1.82) is 0 Å². The maximum absolute atomic E-state index is 4.30. The van der Waals surface area contributed by atoms with E-state index in [9.17, 15) is 0 Å². The van der Waals surface area contributed by atoms with E-state index < -0.39 is 0 Å². The zero-order chi connectivity index (χ0) is 8.39. The Labute approximate surface area is 72.3 Å². The fourth-order valence-electron chi connectivity index (χ4n) is 1.44. The molecule has 62 valence electrons. The highest BCUT2D eigenvalue weighted by molar-refractivity contribution is 5.78. The van der Waals surface area contributed by atoms with E-state index in [1.807, 2.05) is 6.07 Å². The normalized spacial score (nSPS) is 20.9. The summed E-state index contributed by atoms with van der Waals surface area (Å²) in [7, 11) is 0. The molecule has 1 heterocycles. The summed E-state index contributed by atoms with van der Waals surface area (Å²) in [4.78, 5) is 4.30. The number of rotatable bonds is 0. The minimum atomic E-state index is 0.390. The third kappa shape index (κ3) is 1.33. The first-order chi connectivity index (χ1) is 5.86. The summed E-state index contributed by atoms with van der Waals surface area (Å²) in [5.74, 6) is 0. The minimum Gasteiger partial charge on any atom is -0.346 e. The van der Waals surface area contributed by atoms with Gasteiger partial charge >= 0.3 is 0 Å². The van der Waals surface area contributed by atoms with Crippen LogP contribution in [0.3, 0.4) is 0 Å². The summed E-state index contributed by atoms with van der Waals surface area (Å²) in [5.41, 5.74) is 2.54. The molecule has 2 nitrogen and oxygen atoms in total. The molecule has 0 saturated carbocycles. The molecule has 1 aromatic rings. The summed E-state index contributed by atoms with van der Waals surface area (Å²) in [6, 6.07) is 8.72. The van der Waals surface area contributed by atoms with Gasteiger partial charge < -0.3 is 5.32 Å². The van der Waals surface area contributed by atoms with Crippen LogP contribution < -0.4 is 5.32 Å². The Hall–Kier alpha value is -1.31. The first-order valence-corrected chi connectivity index (χ1v) is 4.22. The number of nitrogens with one attached hydrogen (secondary N) is 1. The van der Waals surface area contributed by atoms with Crippen LogP contribution in [0.5, 0.6) is 0 Å². The average Bonchev–Trinajstić information content (AvgIpc) is 2.25. The first-order valence-electron chi connectivity index (χ1n) is 4.22. The standard InChI is InChI=1S/C10H12N2/c1-8-6-9-4-2-3-5-10(9)12-7-11-8/h2-5,7-8H,6H2,1H3,(H,11,12). The van der Waals surface area contributed by atoms with E-state index in [4.69, 9.17) is 0 Å². The van der Waals surface area contributed by atoms with E-state index in [1.54, 1.807) is 6.34 Å². The second-order valence-corrected chi connectivity index (χ2v) is 3.13. The Balaban J connectivity index is 2.38. The predicted molar refractivity (Wildman–Crippen MR) is 51.7 cm³/mol. The van der Waals surface area contributed by atoms with E-state index in [1.165, 1.54) is 11.3 Å². The molecule has 0 aromatic heterocycles. The van der Waals surface area contributed by atoms with Gasteiger partial charge in [0.15, 0.2) is 0 Å². The molecule has 1 aliphatic heterocycles. The second-order valence-electron chi connectivity index (χ2n) is 3.13. The van der Waals surface area contributed by atoms with Gasteiger partial charge in [0.05, 0.1) is 12.4 Å². The Morgan fingerprint density at radius 2 is 2.25 bits per heavy atom. The zero-order valence-corrected chi connectivity index (χ0v) is 7.12. The lowest BCUT2D eigenvalue weighted by atomic mass is 10.1. The number of benzene rings is 1. The third-order valence-corrected chi connectivity index (χ3v) is 2.08. The van der Waals surface area contributed by atoms with E-state index in [0.717, 1.165) is 6.42 Å². The van der Waals surface area contributed by atoms with E-state index in [-0.39, 0.29) is 0 Å². The number of hydrogen-bond acceptors (Lipinski definition) is 2. The number of anilines is 1. The topological polar surface area (TPSA) is 24.4 Å². The predicted octanol–water partition coefficient (Wildman–Crippen LogP) is 2.07. The minimum absolute atomic E-state index is 0.390. The second kappa shape index (κ2) is 2.97. The molecule has 1 aromatic carbocycles. The van der Waals surface area contributed by atoms with Crippen LogP contribution in [0.15, 0.2) is 29.3 Å². The number of hydrogen-bond donors (Lipinski definition) is 1. The smallest absolute Gasteiger partial charge is 0.0871 e. The molecule has 0 amide bonds. The number of fused-ring (bicyclic) bond motifs is 1. The molecule has 1 atom stereocenters. The molecule has 0 aliphatic carbocycles. The molecule has 1 N–H and O–H groups in total. The van der Waals surface area contributed by atoms with Gasteiger partial charge in [0.25, 0.3) is 0 Å². The highest BCUT2D eigenvalue weighted by atomic mass is 15.0. The summed E-state index contributed by atoms with van der Waals surface area (Å²) in [6.07, 6.45) is 2.82. The van der Waals surface area contributed by atoms with Gasteiger partial charge in [-0.1, -0.05) is 18.2 Å². The Kier molecular flexibility index (Phi) is 1.82. The van der Waals surface area contributed by atoms with Crippen LogP contribution in [0.2, 0.25) is 0 Å². The van der Waals surface area contributed by atoms with Crippen molar-refractivity contribution in [3.63, 3.8) is 0 Å². The largest absolute Gasteiger partial charge is 0.346 e. The quantitative estimate of drug-likeness (QED) is 0.617. The molecule has 1 aliphatic rings. The molecule has 2 heteroatoms. The van der Waals surface area contributed by atoms with Crippen molar-refractivity contribution < 1.29 is 0 Å². The van der Waals surface area contributed by atoms with Gasteiger partial charge in [-0.05, 0) is 25.0 Å². The van der Waals surface area contributed by atoms with Crippen molar-refractivity contribution in [3.05, 3.63) is 29.8 Å². The van der Waals surface area contributed by atoms with Crippen LogP contribution in [-0.2, 0) is 6.42 Å². The molecule has 2 rings (SSSR count). The fourth-order valence-corrected chi connectivity index (χ4v) is 1.44. The number of nitrogens with zero attached hydrogens (tertiary/aromatic N) is 1. The Bertz CT molecular complexity index is 304. The molecular formula is C10H12N2. The lowest BCUT2D eigenvalue weighted by Crippen LogP contribution is -2.00. The van der Waals surface area contributed by atoms with Gasteiger partial charge in [-0.25, -0.2) is 0 Å². The van der Waals surface area contributed by atoms with Crippen LogP contribution in [0.1, 0.15) is 12.5 Å². The van der Waals surface area contributed by atoms with Gasteiger partial charge in [-0.3, -0.25) is 4.99 Å². The van der Waals surface area contributed by atoms with Crippen molar-refractivity contribution in [2.75, 3.05) is 5.32 Å². The summed E-state index contributed by atoms with van der Waals surface area (Å²) < 4.78 is 0. The van der Waals surface area contributed by atoms with Crippen molar-refractivity contribution >= 4 is 12.0 Å². The van der Waals surface area contributed by atoms with Crippen LogP contribution in [-0.4, -0.2) is 12.4 Å². The van der Waals surface area contributed by atoms with Crippen molar-refractivity contribution in [1.82, 2.24) is 0 Å². The van der Waals surface area contributed by atoms with E-state index in [0.29, 0.717) is 6.04 Å². The summed E-state index contributed by atoms with van der Waals surface area (Å²) >= 11 is 0. The summed E-state index contributed by atoms with van der Waals surface area (Å²) in [5, 5.41) is 3.16. The van der Waals surface area contributed by atoms with Gasteiger partial charge in [-0.15, -0.1) is 0 Å². The van der Waals surface area contributed by atoms with Crippen LogP contribution >= 0.6 is 0 Å². The third-order valence-electron chi connectivity index (χ3n) is 2.08. The Morgan fingerprint density at radius 1 is 1.42 bits per heavy atom. The molecule has 0 bridgehead atoms. The van der Waals surface area contributed by atoms with Gasteiger partial charge in [0.1, 0.15) is 0 Å². The lowest BCUT2D eigenvalue weighted by molar-refractivity contribution is 0.749. The molecular weight excluding hydrogens is 148 g/mol. The Morgan fingerprint density at radius 3 is 3.17 bits per heavy atom. The van der Waals surface area contributed by atoms with Crippen molar-refractivity contribution in [3.8, 4) is 0 Å². The van der Waals surface area contributed by atoms with E-state index in [2.05, 4.69) is 35.4 Å². The van der Waals surface area contributed by atoms with Crippen molar-refractivity contribution in [2.24, 2.45) is 4.99 Å². The average molecular weight is 160 g/mol. The zero-order valence-electron chi connectivity index (χ0n) is 7.12. The maximum Gasteiger partial charge on any atom is 0.0871 e. The monoisotopic (exact) mass is 160 g/mol. The molecule has 0 fully saturated rings. The molecule has 12 heavy (non-hydrogen) atoms. The molecule has 0 saturated heterocycles. The maximum atomic E-state index is 4.30. The van der Waals surface area contributed by atoms with Crippen LogP contribution in [0.25, 0.3) is 0 Å². The van der Waals surface area contributed by atoms with E-state index >= 15 is 0 Å². The molecule has 0 radical (unpaired) electrons. The molecule has 1 unspecified atom stereocenters. The number of aliphatic imine (C=N–C) groups is 1. The van der Waals surface area contributed by atoms with Crippen LogP contribution in [0, 0.1) is 0 Å². The summed E-state index contributed by atoms with van der Waals surface area (Å²) in [6.45, 7) is 2.13.